The van der Waals surface area contributed by atoms with Crippen molar-refractivity contribution >= 4 is 27.5 Å². The molecule has 0 radical (unpaired) electrons. The van der Waals surface area contributed by atoms with Crippen molar-refractivity contribution in [2.75, 3.05) is 24.2 Å². The topological polar surface area (TPSA) is 95.6 Å². The number of terminal acetylenes is 1. The van der Waals surface area contributed by atoms with Crippen molar-refractivity contribution in [3.8, 4) is 12.3 Å². The predicted molar refractivity (Wildman–Crippen MR) is 99.8 cm³/mol. The van der Waals surface area contributed by atoms with Gasteiger partial charge in [0.15, 0.2) is 0 Å². The molecule has 1 atom stereocenters. The van der Waals surface area contributed by atoms with E-state index in [1.54, 1.807) is 31.2 Å². The molecule has 1 saturated heterocycles. The first kappa shape index (κ1) is 19.9. The van der Waals surface area contributed by atoms with Crippen LogP contribution in [0.4, 0.5) is 5.69 Å². The fourth-order valence-corrected chi connectivity index (χ4v) is 4.63. The summed E-state index contributed by atoms with van der Waals surface area (Å²) in [6.45, 7) is 1.88. The molecule has 140 valence electrons. The van der Waals surface area contributed by atoms with Gasteiger partial charge in [0, 0.05) is 17.8 Å². The van der Waals surface area contributed by atoms with E-state index in [0.29, 0.717) is 37.1 Å². The maximum atomic E-state index is 12.3. The van der Waals surface area contributed by atoms with Crippen LogP contribution in [0.3, 0.4) is 0 Å². The summed E-state index contributed by atoms with van der Waals surface area (Å²) >= 11 is 0. The number of anilines is 1. The standard InChI is InChI=1S/C18H23N3O4S/c1-3-11-26(24,25)21-10-6-9-16(21)18(23)19-13-17(22)20-15-8-5-7-14(4-2)12-15/h2,5,7-8,12,16H,3,6,9-11,13H2,1H3,(H,19,23)(H,20,22). The zero-order valence-electron chi connectivity index (χ0n) is 14.7. The Labute approximate surface area is 154 Å². The van der Waals surface area contributed by atoms with Crippen molar-refractivity contribution in [1.29, 1.82) is 0 Å². The van der Waals surface area contributed by atoms with Crippen LogP contribution in [0.15, 0.2) is 24.3 Å². The highest BCUT2D eigenvalue weighted by molar-refractivity contribution is 7.89. The average molecular weight is 377 g/mol. The van der Waals surface area contributed by atoms with Gasteiger partial charge in [-0.2, -0.15) is 4.31 Å². The van der Waals surface area contributed by atoms with Crippen LogP contribution in [0, 0.1) is 12.3 Å². The molecule has 0 spiro atoms. The number of nitrogens with zero attached hydrogens (tertiary/aromatic N) is 1. The summed E-state index contributed by atoms with van der Waals surface area (Å²) in [5, 5.41) is 5.16. The van der Waals surface area contributed by atoms with Gasteiger partial charge in [-0.3, -0.25) is 9.59 Å². The Bertz CT molecular complexity index is 814. The summed E-state index contributed by atoms with van der Waals surface area (Å²) in [7, 11) is -3.45. The summed E-state index contributed by atoms with van der Waals surface area (Å²) in [4.78, 5) is 24.3. The minimum Gasteiger partial charge on any atom is -0.346 e. The molecule has 0 bridgehead atoms. The van der Waals surface area contributed by atoms with E-state index in [1.807, 2.05) is 0 Å². The zero-order chi connectivity index (χ0) is 19.2. The molecular weight excluding hydrogens is 354 g/mol. The molecule has 1 fully saturated rings. The molecule has 2 rings (SSSR count). The number of nitrogens with one attached hydrogen (secondary N) is 2. The third-order valence-electron chi connectivity index (χ3n) is 4.06. The van der Waals surface area contributed by atoms with Crippen molar-refractivity contribution in [2.24, 2.45) is 0 Å². The lowest BCUT2D eigenvalue weighted by Gasteiger charge is -2.23. The van der Waals surface area contributed by atoms with Gasteiger partial charge < -0.3 is 10.6 Å². The van der Waals surface area contributed by atoms with E-state index in [4.69, 9.17) is 6.42 Å². The lowest BCUT2D eigenvalue weighted by molar-refractivity contribution is -0.126. The smallest absolute Gasteiger partial charge is 0.243 e. The Balaban J connectivity index is 1.91. The van der Waals surface area contributed by atoms with Crippen LogP contribution in [0.5, 0.6) is 0 Å². The van der Waals surface area contributed by atoms with E-state index in [0.717, 1.165) is 0 Å². The van der Waals surface area contributed by atoms with Crippen molar-refractivity contribution in [3.63, 3.8) is 0 Å². The molecule has 1 aromatic carbocycles. The minimum absolute atomic E-state index is 0.0167. The normalized spacial score (nSPS) is 17.5. The van der Waals surface area contributed by atoms with Crippen molar-refractivity contribution in [1.82, 2.24) is 9.62 Å². The van der Waals surface area contributed by atoms with Crippen LogP contribution in [-0.4, -0.2) is 49.4 Å². The van der Waals surface area contributed by atoms with E-state index in [2.05, 4.69) is 16.6 Å². The lowest BCUT2D eigenvalue weighted by Crippen LogP contribution is -2.48. The fourth-order valence-electron chi connectivity index (χ4n) is 2.89. The van der Waals surface area contributed by atoms with Gasteiger partial charge in [0.2, 0.25) is 21.8 Å². The maximum Gasteiger partial charge on any atom is 0.243 e. The van der Waals surface area contributed by atoms with Crippen molar-refractivity contribution in [2.45, 2.75) is 32.2 Å². The Kier molecular flexibility index (Phi) is 6.77. The van der Waals surface area contributed by atoms with Crippen LogP contribution in [0.1, 0.15) is 31.7 Å². The molecule has 0 saturated carbocycles. The van der Waals surface area contributed by atoms with Crippen LogP contribution >= 0.6 is 0 Å². The predicted octanol–water partition coefficient (Wildman–Crippen LogP) is 0.927. The van der Waals surface area contributed by atoms with E-state index >= 15 is 0 Å². The number of hydrogen-bond acceptors (Lipinski definition) is 4. The molecule has 0 aromatic heterocycles. The molecule has 8 heteroatoms. The molecule has 0 aliphatic carbocycles. The first-order chi connectivity index (χ1) is 12.4. The highest BCUT2D eigenvalue weighted by Gasteiger charge is 2.37. The van der Waals surface area contributed by atoms with Gasteiger partial charge in [0.05, 0.1) is 12.3 Å². The van der Waals surface area contributed by atoms with Gasteiger partial charge in [0.25, 0.3) is 0 Å². The summed E-state index contributed by atoms with van der Waals surface area (Å²) < 4.78 is 25.7. The molecule has 7 nitrogen and oxygen atoms in total. The number of sulfonamides is 1. The van der Waals surface area contributed by atoms with E-state index < -0.39 is 27.9 Å². The number of carbonyl (C=O) groups excluding carboxylic acids is 2. The Morgan fingerprint density at radius 2 is 2.15 bits per heavy atom. The van der Waals surface area contributed by atoms with Gasteiger partial charge in [-0.25, -0.2) is 8.42 Å². The van der Waals surface area contributed by atoms with Crippen LogP contribution < -0.4 is 10.6 Å². The summed E-state index contributed by atoms with van der Waals surface area (Å²) in [6.07, 6.45) is 6.90. The molecule has 1 aromatic rings. The number of rotatable bonds is 7. The molecule has 2 N–H and O–H groups in total. The Morgan fingerprint density at radius 3 is 2.85 bits per heavy atom. The molecule has 26 heavy (non-hydrogen) atoms. The zero-order valence-corrected chi connectivity index (χ0v) is 15.5. The number of benzene rings is 1. The molecule has 1 unspecified atom stereocenters. The monoisotopic (exact) mass is 377 g/mol. The summed E-state index contributed by atoms with van der Waals surface area (Å²) in [6, 6.07) is 6.05. The lowest BCUT2D eigenvalue weighted by atomic mass is 10.2. The fraction of sp³-hybridized carbons (Fsp3) is 0.444. The van der Waals surface area contributed by atoms with Gasteiger partial charge >= 0.3 is 0 Å². The molecule has 2 amide bonds. The first-order valence-electron chi connectivity index (χ1n) is 8.51. The molecule has 1 aliphatic heterocycles. The third kappa shape index (κ3) is 5.07. The highest BCUT2D eigenvalue weighted by atomic mass is 32.2. The van der Waals surface area contributed by atoms with Crippen LogP contribution in [0.2, 0.25) is 0 Å². The van der Waals surface area contributed by atoms with Crippen molar-refractivity contribution in [3.05, 3.63) is 29.8 Å². The van der Waals surface area contributed by atoms with Crippen LogP contribution in [0.25, 0.3) is 0 Å². The third-order valence-corrected chi connectivity index (χ3v) is 6.14. The maximum absolute atomic E-state index is 12.3. The second-order valence-electron chi connectivity index (χ2n) is 6.08. The quantitative estimate of drug-likeness (QED) is 0.691. The van der Waals surface area contributed by atoms with E-state index in [-0.39, 0.29) is 12.3 Å². The minimum atomic E-state index is -3.45. The average Bonchev–Trinajstić information content (AvgIpc) is 3.10. The molecule has 1 heterocycles. The highest BCUT2D eigenvalue weighted by Crippen LogP contribution is 2.22. The number of carbonyl (C=O) groups is 2. The van der Waals surface area contributed by atoms with Gasteiger partial charge in [-0.1, -0.05) is 18.9 Å². The SMILES string of the molecule is C#Cc1cccc(NC(=O)CNC(=O)C2CCCN2S(=O)(=O)CCC)c1. The van der Waals surface area contributed by atoms with Crippen molar-refractivity contribution < 1.29 is 18.0 Å². The summed E-state index contributed by atoms with van der Waals surface area (Å²) in [5.74, 6) is 1.63. The number of amides is 2. The van der Waals surface area contributed by atoms with Crippen LogP contribution in [-0.2, 0) is 19.6 Å². The second kappa shape index (κ2) is 8.83. The largest absolute Gasteiger partial charge is 0.346 e. The first-order valence-corrected chi connectivity index (χ1v) is 10.1. The Hall–Kier alpha value is -2.37. The summed E-state index contributed by atoms with van der Waals surface area (Å²) in [5.41, 5.74) is 1.17. The Morgan fingerprint density at radius 1 is 1.38 bits per heavy atom. The van der Waals surface area contributed by atoms with Gasteiger partial charge in [-0.05, 0) is 37.5 Å². The van der Waals surface area contributed by atoms with E-state index in [9.17, 15) is 18.0 Å². The van der Waals surface area contributed by atoms with Gasteiger partial charge in [-0.15, -0.1) is 6.42 Å². The van der Waals surface area contributed by atoms with Gasteiger partial charge in [0.1, 0.15) is 6.04 Å². The molecule has 1 aliphatic rings. The number of hydrogen-bond donors (Lipinski definition) is 2. The molecular formula is C18H23N3O4S. The van der Waals surface area contributed by atoms with E-state index in [1.165, 1.54) is 4.31 Å². The second-order valence-corrected chi connectivity index (χ2v) is 8.12.